The maximum absolute atomic E-state index is 12.8. The first-order valence-electron chi connectivity index (χ1n) is 8.47. The predicted octanol–water partition coefficient (Wildman–Crippen LogP) is 2.87. The zero-order chi connectivity index (χ0) is 16.7. The molecule has 1 saturated heterocycles. The third-order valence-electron chi connectivity index (χ3n) is 5.63. The van der Waals surface area contributed by atoms with Gasteiger partial charge in [-0.3, -0.25) is 4.79 Å². The van der Waals surface area contributed by atoms with Crippen LogP contribution in [0.15, 0.2) is 12.1 Å². The Bertz CT molecular complexity index is 629. The molecule has 1 heterocycles. The maximum Gasteiger partial charge on any atom is 0.326 e. The van der Waals surface area contributed by atoms with Crippen molar-refractivity contribution in [2.45, 2.75) is 52.5 Å². The van der Waals surface area contributed by atoms with Gasteiger partial charge in [-0.1, -0.05) is 24.1 Å². The molecule has 1 aromatic carbocycles. The lowest BCUT2D eigenvalue weighted by atomic mass is 9.94. The van der Waals surface area contributed by atoms with E-state index in [1.54, 1.807) is 4.90 Å². The molecule has 1 aromatic rings. The smallest absolute Gasteiger partial charge is 0.326 e. The van der Waals surface area contributed by atoms with Crippen molar-refractivity contribution in [2.75, 3.05) is 6.54 Å². The molecule has 3 atom stereocenters. The van der Waals surface area contributed by atoms with Crippen molar-refractivity contribution in [3.05, 3.63) is 34.4 Å². The van der Waals surface area contributed by atoms with Gasteiger partial charge < -0.3 is 10.0 Å². The summed E-state index contributed by atoms with van der Waals surface area (Å²) in [4.78, 5) is 26.1. The van der Waals surface area contributed by atoms with Crippen molar-refractivity contribution in [1.29, 1.82) is 0 Å². The van der Waals surface area contributed by atoms with Gasteiger partial charge in [0.25, 0.3) is 0 Å². The van der Waals surface area contributed by atoms with E-state index in [4.69, 9.17) is 0 Å². The molecule has 124 valence electrons. The zero-order valence-corrected chi connectivity index (χ0v) is 14.1. The van der Waals surface area contributed by atoms with E-state index >= 15 is 0 Å². The molecule has 4 nitrogen and oxygen atoms in total. The minimum absolute atomic E-state index is 0.0400. The van der Waals surface area contributed by atoms with E-state index in [1.807, 2.05) is 20.8 Å². The number of aliphatic carboxylic acids is 1. The van der Waals surface area contributed by atoms with Gasteiger partial charge in [-0.15, -0.1) is 0 Å². The first-order chi connectivity index (χ1) is 10.9. The molecule has 2 fully saturated rings. The molecule has 0 aromatic heterocycles. The van der Waals surface area contributed by atoms with Gasteiger partial charge in [0, 0.05) is 6.54 Å². The number of nitrogens with zero attached hydrogens (tertiary/aromatic N) is 1. The summed E-state index contributed by atoms with van der Waals surface area (Å²) in [5.41, 5.74) is 4.46. The molecular formula is C19H25NO3. The molecule has 0 radical (unpaired) electrons. The van der Waals surface area contributed by atoms with Gasteiger partial charge in [0.2, 0.25) is 5.91 Å². The standard InChI is InChI=1S/C19H25NO3/c1-11-7-12(2)16(13(3)8-11)9-17(21)20-10-14-5-4-6-15(14)18(20)19(22)23/h7-8,14-15,18H,4-6,9-10H2,1-3H3,(H,22,23). The van der Waals surface area contributed by atoms with Crippen LogP contribution >= 0.6 is 0 Å². The van der Waals surface area contributed by atoms with E-state index in [-0.39, 0.29) is 11.8 Å². The Labute approximate surface area is 137 Å². The van der Waals surface area contributed by atoms with Gasteiger partial charge in [-0.2, -0.15) is 0 Å². The monoisotopic (exact) mass is 315 g/mol. The number of carbonyl (C=O) groups excluding carboxylic acids is 1. The lowest BCUT2D eigenvalue weighted by Gasteiger charge is -2.25. The molecule has 3 rings (SSSR count). The average Bonchev–Trinajstić information content (AvgIpc) is 3.01. The summed E-state index contributed by atoms with van der Waals surface area (Å²) in [6, 6.07) is 3.55. The second-order valence-corrected chi connectivity index (χ2v) is 7.24. The second kappa shape index (κ2) is 5.99. The van der Waals surface area contributed by atoms with Gasteiger partial charge in [0.1, 0.15) is 6.04 Å². The zero-order valence-electron chi connectivity index (χ0n) is 14.1. The number of carboxylic acids is 1. The van der Waals surface area contributed by atoms with Crippen molar-refractivity contribution in [2.24, 2.45) is 11.8 Å². The number of likely N-dealkylation sites (tertiary alicyclic amines) is 1. The summed E-state index contributed by atoms with van der Waals surface area (Å²) >= 11 is 0. The number of aryl methyl sites for hydroxylation is 3. The number of carbonyl (C=O) groups is 2. The first kappa shape index (κ1) is 16.0. The number of carboxylic acid groups (broad SMARTS) is 1. The first-order valence-corrected chi connectivity index (χ1v) is 8.47. The van der Waals surface area contributed by atoms with Crippen LogP contribution in [0.25, 0.3) is 0 Å². The van der Waals surface area contributed by atoms with Crippen molar-refractivity contribution in [3.8, 4) is 0 Å². The Balaban J connectivity index is 1.82. The van der Waals surface area contributed by atoms with Crippen LogP contribution in [0.5, 0.6) is 0 Å². The van der Waals surface area contributed by atoms with Crippen LogP contribution < -0.4 is 0 Å². The molecule has 2 aliphatic rings. The third-order valence-corrected chi connectivity index (χ3v) is 5.63. The largest absolute Gasteiger partial charge is 0.480 e. The molecule has 1 saturated carbocycles. The maximum atomic E-state index is 12.8. The topological polar surface area (TPSA) is 57.6 Å². The quantitative estimate of drug-likeness (QED) is 0.933. The lowest BCUT2D eigenvalue weighted by Crippen LogP contribution is -2.44. The molecule has 1 aliphatic heterocycles. The number of hydrogen-bond acceptors (Lipinski definition) is 2. The van der Waals surface area contributed by atoms with Crippen molar-refractivity contribution >= 4 is 11.9 Å². The highest BCUT2D eigenvalue weighted by Crippen LogP contribution is 2.42. The Morgan fingerprint density at radius 3 is 2.43 bits per heavy atom. The molecule has 3 unspecified atom stereocenters. The molecule has 23 heavy (non-hydrogen) atoms. The minimum atomic E-state index is -0.842. The lowest BCUT2D eigenvalue weighted by molar-refractivity contribution is -0.149. The summed E-state index contributed by atoms with van der Waals surface area (Å²) in [6.45, 7) is 6.71. The molecule has 1 N–H and O–H groups in total. The van der Waals surface area contributed by atoms with Crippen LogP contribution in [0.2, 0.25) is 0 Å². The van der Waals surface area contributed by atoms with Gasteiger partial charge in [0.15, 0.2) is 0 Å². The van der Waals surface area contributed by atoms with Crippen molar-refractivity contribution < 1.29 is 14.7 Å². The van der Waals surface area contributed by atoms with Crippen LogP contribution in [0.1, 0.15) is 41.5 Å². The summed E-state index contributed by atoms with van der Waals surface area (Å²) < 4.78 is 0. The van der Waals surface area contributed by atoms with Crippen LogP contribution in [0.3, 0.4) is 0 Å². The highest BCUT2D eigenvalue weighted by Gasteiger charge is 2.49. The highest BCUT2D eigenvalue weighted by atomic mass is 16.4. The van der Waals surface area contributed by atoms with E-state index in [0.717, 1.165) is 36.0 Å². The summed E-state index contributed by atoms with van der Waals surface area (Å²) in [5, 5.41) is 9.60. The van der Waals surface area contributed by atoms with E-state index in [0.29, 0.717) is 18.9 Å². The fourth-order valence-electron chi connectivity index (χ4n) is 4.62. The van der Waals surface area contributed by atoms with Crippen LogP contribution in [-0.4, -0.2) is 34.5 Å². The van der Waals surface area contributed by atoms with Crippen LogP contribution in [0, 0.1) is 32.6 Å². The number of benzene rings is 1. The summed E-state index contributed by atoms with van der Waals surface area (Å²) in [5.74, 6) is -0.358. The van der Waals surface area contributed by atoms with Gasteiger partial charge in [0.05, 0.1) is 6.42 Å². The molecular weight excluding hydrogens is 290 g/mol. The third kappa shape index (κ3) is 2.87. The molecule has 4 heteroatoms. The van der Waals surface area contributed by atoms with E-state index in [2.05, 4.69) is 12.1 Å². The van der Waals surface area contributed by atoms with Crippen molar-refractivity contribution in [1.82, 2.24) is 4.90 Å². The van der Waals surface area contributed by atoms with E-state index in [9.17, 15) is 14.7 Å². The fraction of sp³-hybridized carbons (Fsp3) is 0.579. The molecule has 1 aliphatic carbocycles. The van der Waals surface area contributed by atoms with E-state index in [1.165, 1.54) is 5.56 Å². The molecule has 0 spiro atoms. The van der Waals surface area contributed by atoms with Crippen molar-refractivity contribution in [3.63, 3.8) is 0 Å². The fourth-order valence-corrected chi connectivity index (χ4v) is 4.62. The Morgan fingerprint density at radius 2 is 1.83 bits per heavy atom. The summed E-state index contributed by atoms with van der Waals surface area (Å²) in [7, 11) is 0. The number of hydrogen-bond donors (Lipinski definition) is 1. The second-order valence-electron chi connectivity index (χ2n) is 7.24. The van der Waals surface area contributed by atoms with E-state index < -0.39 is 12.0 Å². The number of fused-ring (bicyclic) bond motifs is 1. The molecule has 0 bridgehead atoms. The Kier molecular flexibility index (Phi) is 4.17. The van der Waals surface area contributed by atoms with Crippen LogP contribution in [-0.2, 0) is 16.0 Å². The van der Waals surface area contributed by atoms with Gasteiger partial charge in [-0.05, 0) is 62.1 Å². The number of rotatable bonds is 3. The SMILES string of the molecule is Cc1cc(C)c(CC(=O)N2CC3CCCC3C2C(=O)O)c(C)c1. The highest BCUT2D eigenvalue weighted by molar-refractivity contribution is 5.86. The van der Waals surface area contributed by atoms with Gasteiger partial charge >= 0.3 is 5.97 Å². The normalized spacial score (nSPS) is 26.4. The average molecular weight is 315 g/mol. The Hall–Kier alpha value is -1.84. The Morgan fingerprint density at radius 1 is 1.17 bits per heavy atom. The summed E-state index contributed by atoms with van der Waals surface area (Å²) in [6.07, 6.45) is 3.40. The molecule has 1 amide bonds. The number of amides is 1. The van der Waals surface area contributed by atoms with Gasteiger partial charge in [-0.25, -0.2) is 4.79 Å². The predicted molar refractivity (Wildman–Crippen MR) is 88.3 cm³/mol. The minimum Gasteiger partial charge on any atom is -0.480 e. The van der Waals surface area contributed by atoms with Crippen LogP contribution in [0.4, 0.5) is 0 Å².